The van der Waals surface area contributed by atoms with Crippen molar-refractivity contribution < 1.29 is 4.74 Å². The first-order valence-electron chi connectivity index (χ1n) is 6.54. The van der Waals surface area contributed by atoms with Crippen molar-refractivity contribution in [3.8, 4) is 5.75 Å². The molecule has 0 saturated heterocycles. The van der Waals surface area contributed by atoms with Crippen LogP contribution in [0.2, 0.25) is 0 Å². The predicted molar refractivity (Wildman–Crippen MR) is 70.5 cm³/mol. The molecule has 0 amide bonds. The van der Waals surface area contributed by atoms with E-state index in [9.17, 15) is 0 Å². The Morgan fingerprint density at radius 1 is 1.47 bits per heavy atom. The highest BCUT2D eigenvalue weighted by Crippen LogP contribution is 2.19. The second kappa shape index (κ2) is 7.33. The fourth-order valence-electron chi connectivity index (χ4n) is 1.93. The lowest BCUT2D eigenvalue weighted by Gasteiger charge is -2.14. The summed E-state index contributed by atoms with van der Waals surface area (Å²) in [5, 5.41) is 7.82. The van der Waals surface area contributed by atoms with E-state index in [1.165, 1.54) is 12.1 Å². The summed E-state index contributed by atoms with van der Waals surface area (Å²) in [5.41, 5.74) is 1.21. The minimum absolute atomic E-state index is 0.542. The highest BCUT2D eigenvalue weighted by atomic mass is 16.5. The van der Waals surface area contributed by atoms with Crippen molar-refractivity contribution >= 4 is 0 Å². The minimum atomic E-state index is 0.542. The molecule has 1 rings (SSSR count). The second-order valence-electron chi connectivity index (χ2n) is 4.37. The van der Waals surface area contributed by atoms with Crippen LogP contribution in [0.1, 0.15) is 39.3 Å². The zero-order valence-corrected chi connectivity index (χ0v) is 11.5. The molecule has 98 valence electrons. The topological polar surface area (TPSA) is 39.1 Å². The smallest absolute Gasteiger partial charge is 0.159 e. The van der Waals surface area contributed by atoms with Crippen LogP contribution in [0.4, 0.5) is 0 Å². The number of nitrogens with one attached hydrogen (secondary N) is 1. The Hall–Kier alpha value is -1.03. The Labute approximate surface area is 104 Å². The molecule has 1 aromatic rings. The molecule has 0 spiro atoms. The number of aromatic nitrogens is 2. The first-order valence-corrected chi connectivity index (χ1v) is 6.54. The Balaban J connectivity index is 2.52. The van der Waals surface area contributed by atoms with E-state index in [1.807, 2.05) is 10.9 Å². The Bertz CT molecular complexity index is 301. The van der Waals surface area contributed by atoms with Gasteiger partial charge in [0.05, 0.1) is 19.0 Å². The lowest BCUT2D eigenvalue weighted by Crippen LogP contribution is -2.27. The number of rotatable bonds is 8. The molecule has 0 saturated carbocycles. The lowest BCUT2D eigenvalue weighted by molar-refractivity contribution is 0.403. The molecule has 4 heteroatoms. The molecule has 17 heavy (non-hydrogen) atoms. The molecule has 0 aliphatic heterocycles. The summed E-state index contributed by atoms with van der Waals surface area (Å²) in [7, 11) is 1.71. The van der Waals surface area contributed by atoms with Gasteiger partial charge in [0.1, 0.15) is 0 Å². The van der Waals surface area contributed by atoms with Gasteiger partial charge in [0.25, 0.3) is 0 Å². The van der Waals surface area contributed by atoms with Gasteiger partial charge in [0.15, 0.2) is 5.75 Å². The van der Waals surface area contributed by atoms with Crippen molar-refractivity contribution in [3.63, 3.8) is 0 Å². The average molecular weight is 239 g/mol. The molecular weight excluding hydrogens is 214 g/mol. The van der Waals surface area contributed by atoms with Crippen molar-refractivity contribution in [2.75, 3.05) is 13.7 Å². The van der Waals surface area contributed by atoms with Crippen molar-refractivity contribution in [1.29, 1.82) is 0 Å². The molecule has 0 aliphatic rings. The van der Waals surface area contributed by atoms with Crippen LogP contribution in [0, 0.1) is 0 Å². The van der Waals surface area contributed by atoms with E-state index >= 15 is 0 Å². The summed E-state index contributed by atoms with van der Waals surface area (Å²) >= 11 is 0. The first kappa shape index (κ1) is 14.0. The first-order chi connectivity index (χ1) is 8.22. The number of methoxy groups -OCH3 is 1. The van der Waals surface area contributed by atoms with Crippen LogP contribution in [-0.4, -0.2) is 29.5 Å². The van der Waals surface area contributed by atoms with Crippen molar-refractivity contribution in [1.82, 2.24) is 15.1 Å². The molecule has 1 unspecified atom stereocenters. The molecule has 0 radical (unpaired) electrons. The number of ether oxygens (including phenoxy) is 1. The van der Waals surface area contributed by atoms with Crippen LogP contribution in [0.5, 0.6) is 5.75 Å². The summed E-state index contributed by atoms with van der Waals surface area (Å²) in [6, 6.07) is 0.542. The molecule has 1 heterocycles. The van der Waals surface area contributed by atoms with Crippen LogP contribution >= 0.6 is 0 Å². The van der Waals surface area contributed by atoms with Crippen LogP contribution in [0.25, 0.3) is 0 Å². The molecule has 1 N–H and O–H groups in total. The Morgan fingerprint density at radius 2 is 2.24 bits per heavy atom. The zero-order valence-electron chi connectivity index (χ0n) is 11.5. The van der Waals surface area contributed by atoms with Crippen LogP contribution < -0.4 is 10.1 Å². The Kier molecular flexibility index (Phi) is 6.05. The van der Waals surface area contributed by atoms with Crippen LogP contribution in [-0.2, 0) is 13.0 Å². The highest BCUT2D eigenvalue weighted by molar-refractivity contribution is 5.25. The normalized spacial score (nSPS) is 12.7. The number of aryl methyl sites for hydroxylation is 1. The standard InChI is InChI=1S/C13H25N3O/c1-5-9-14-11(3)7-8-12-13(17-4)10-15-16(12)6-2/h10-11,14H,5-9H2,1-4H3. The number of hydrogen-bond acceptors (Lipinski definition) is 3. The third kappa shape index (κ3) is 4.04. The van der Waals surface area contributed by atoms with Gasteiger partial charge in [0, 0.05) is 12.6 Å². The minimum Gasteiger partial charge on any atom is -0.493 e. The maximum absolute atomic E-state index is 5.34. The number of nitrogens with zero attached hydrogens (tertiary/aromatic N) is 2. The molecular formula is C13H25N3O. The third-order valence-electron chi connectivity index (χ3n) is 2.99. The highest BCUT2D eigenvalue weighted by Gasteiger charge is 2.11. The van der Waals surface area contributed by atoms with E-state index in [4.69, 9.17) is 4.74 Å². The van der Waals surface area contributed by atoms with E-state index in [0.29, 0.717) is 6.04 Å². The lowest BCUT2D eigenvalue weighted by atomic mass is 10.1. The SMILES string of the molecule is CCCNC(C)CCc1c(OC)cnn1CC. The molecule has 4 nitrogen and oxygen atoms in total. The summed E-state index contributed by atoms with van der Waals surface area (Å²) in [4.78, 5) is 0. The van der Waals surface area contributed by atoms with E-state index in [2.05, 4.69) is 31.2 Å². The molecule has 0 fully saturated rings. The van der Waals surface area contributed by atoms with Crippen molar-refractivity contribution in [3.05, 3.63) is 11.9 Å². The van der Waals surface area contributed by atoms with Gasteiger partial charge in [-0.05, 0) is 39.7 Å². The van der Waals surface area contributed by atoms with E-state index in [-0.39, 0.29) is 0 Å². The summed E-state index contributed by atoms with van der Waals surface area (Å²) in [6.45, 7) is 8.51. The van der Waals surface area contributed by atoms with Crippen molar-refractivity contribution in [2.24, 2.45) is 0 Å². The predicted octanol–water partition coefficient (Wildman–Crippen LogP) is 2.23. The van der Waals surface area contributed by atoms with Gasteiger partial charge in [-0.3, -0.25) is 4.68 Å². The fourth-order valence-corrected chi connectivity index (χ4v) is 1.93. The third-order valence-corrected chi connectivity index (χ3v) is 2.99. The summed E-state index contributed by atoms with van der Waals surface area (Å²) in [6.07, 6.45) is 5.11. The molecule has 0 aromatic carbocycles. The van der Waals surface area contributed by atoms with Gasteiger partial charge in [-0.2, -0.15) is 5.10 Å². The van der Waals surface area contributed by atoms with Gasteiger partial charge >= 0.3 is 0 Å². The van der Waals surface area contributed by atoms with Gasteiger partial charge in [0.2, 0.25) is 0 Å². The molecule has 1 aromatic heterocycles. The number of hydrogen-bond donors (Lipinski definition) is 1. The summed E-state index contributed by atoms with van der Waals surface area (Å²) in [5.74, 6) is 0.912. The van der Waals surface area contributed by atoms with E-state index in [1.54, 1.807) is 7.11 Å². The second-order valence-corrected chi connectivity index (χ2v) is 4.37. The summed E-state index contributed by atoms with van der Waals surface area (Å²) < 4.78 is 7.36. The average Bonchev–Trinajstić information content (AvgIpc) is 2.75. The quantitative estimate of drug-likeness (QED) is 0.756. The molecule has 0 aliphatic carbocycles. The van der Waals surface area contributed by atoms with Gasteiger partial charge in [-0.1, -0.05) is 6.92 Å². The Morgan fingerprint density at radius 3 is 2.82 bits per heavy atom. The van der Waals surface area contributed by atoms with Crippen molar-refractivity contribution in [2.45, 2.75) is 52.6 Å². The van der Waals surface area contributed by atoms with E-state index in [0.717, 1.165) is 31.7 Å². The maximum atomic E-state index is 5.34. The maximum Gasteiger partial charge on any atom is 0.159 e. The van der Waals surface area contributed by atoms with E-state index < -0.39 is 0 Å². The molecule has 1 atom stereocenters. The van der Waals surface area contributed by atoms with Gasteiger partial charge in [-0.25, -0.2) is 0 Å². The fraction of sp³-hybridized carbons (Fsp3) is 0.769. The monoisotopic (exact) mass is 239 g/mol. The zero-order chi connectivity index (χ0) is 12.7. The molecule has 0 bridgehead atoms. The van der Waals surface area contributed by atoms with Gasteiger partial charge in [-0.15, -0.1) is 0 Å². The van der Waals surface area contributed by atoms with Gasteiger partial charge < -0.3 is 10.1 Å². The largest absolute Gasteiger partial charge is 0.493 e. The van der Waals surface area contributed by atoms with Crippen LogP contribution in [0.3, 0.4) is 0 Å². The van der Waals surface area contributed by atoms with Crippen LogP contribution in [0.15, 0.2) is 6.20 Å².